The highest BCUT2D eigenvalue weighted by molar-refractivity contribution is 5.94. The largest absolute Gasteiger partial charge is 0.481 e. The van der Waals surface area contributed by atoms with E-state index in [2.05, 4.69) is 27.3 Å². The summed E-state index contributed by atoms with van der Waals surface area (Å²) in [7, 11) is 0. The highest BCUT2D eigenvalue weighted by Gasteiger charge is 2.18. The number of carbonyl (C=O) groups is 1. The Morgan fingerprint density at radius 3 is 2.34 bits per heavy atom. The number of hydrogen-bond donors (Lipinski definition) is 1. The Hall–Kier alpha value is -3.48. The molecule has 2 aromatic carbocycles. The molecule has 1 aromatic heterocycles. The van der Waals surface area contributed by atoms with Gasteiger partial charge in [0.2, 0.25) is 0 Å². The predicted octanol–water partition coefficient (Wildman–Crippen LogP) is 4.93. The molecule has 3 aromatic rings. The Morgan fingerprint density at radius 1 is 1.03 bits per heavy atom. The molecule has 1 aliphatic heterocycles. The van der Waals surface area contributed by atoms with Gasteiger partial charge in [-0.05, 0) is 74.2 Å². The molecular formula is C25H27FN4O2. The minimum atomic E-state index is -0.726. The lowest BCUT2D eigenvalue weighted by atomic mass is 9.99. The zero-order valence-corrected chi connectivity index (χ0v) is 18.3. The van der Waals surface area contributed by atoms with Crippen molar-refractivity contribution in [2.45, 2.75) is 32.8 Å². The number of halogens is 1. The van der Waals surface area contributed by atoms with Crippen LogP contribution >= 0.6 is 0 Å². The topological polar surface area (TPSA) is 67.4 Å². The van der Waals surface area contributed by atoms with E-state index in [4.69, 9.17) is 4.74 Å². The van der Waals surface area contributed by atoms with E-state index in [0.29, 0.717) is 11.4 Å². The van der Waals surface area contributed by atoms with Gasteiger partial charge in [0.25, 0.3) is 5.91 Å². The first kappa shape index (κ1) is 21.7. The maximum atomic E-state index is 13.0. The molecule has 7 heteroatoms. The first-order chi connectivity index (χ1) is 15.5. The fourth-order valence-electron chi connectivity index (χ4n) is 3.62. The second kappa shape index (κ2) is 9.77. The van der Waals surface area contributed by atoms with Crippen molar-refractivity contribution in [3.05, 3.63) is 66.5 Å². The number of carbonyl (C=O) groups excluding carboxylic acids is 1. The number of anilines is 2. The summed E-state index contributed by atoms with van der Waals surface area (Å²) >= 11 is 0. The molecule has 0 radical (unpaired) electrons. The Bertz CT molecular complexity index is 1030. The molecule has 166 valence electrons. The SMILES string of the molecule is CC1CCN(c2ccc(-c3ccc(NC(=O)C(C)Oc4ccc(F)cc4)cc3)nn2)CC1. The van der Waals surface area contributed by atoms with Gasteiger partial charge in [-0.15, -0.1) is 10.2 Å². The normalized spacial score (nSPS) is 15.3. The van der Waals surface area contributed by atoms with Crippen LogP contribution in [0.2, 0.25) is 0 Å². The zero-order chi connectivity index (χ0) is 22.5. The molecule has 1 aliphatic rings. The van der Waals surface area contributed by atoms with Crippen LogP contribution in [0.25, 0.3) is 11.3 Å². The van der Waals surface area contributed by atoms with Crippen LogP contribution < -0.4 is 15.0 Å². The summed E-state index contributed by atoms with van der Waals surface area (Å²) in [4.78, 5) is 14.7. The number of benzene rings is 2. The van der Waals surface area contributed by atoms with Crippen molar-refractivity contribution in [3.63, 3.8) is 0 Å². The van der Waals surface area contributed by atoms with Crippen LogP contribution in [0.5, 0.6) is 5.75 Å². The molecule has 2 heterocycles. The summed E-state index contributed by atoms with van der Waals surface area (Å²) < 4.78 is 18.6. The second-order valence-corrected chi connectivity index (χ2v) is 8.23. The van der Waals surface area contributed by atoms with Crippen LogP contribution in [0.3, 0.4) is 0 Å². The predicted molar refractivity (Wildman–Crippen MR) is 123 cm³/mol. The van der Waals surface area contributed by atoms with Crippen molar-refractivity contribution >= 4 is 17.4 Å². The van der Waals surface area contributed by atoms with Gasteiger partial charge in [0.1, 0.15) is 11.6 Å². The van der Waals surface area contributed by atoms with Gasteiger partial charge in [0.05, 0.1) is 5.69 Å². The van der Waals surface area contributed by atoms with E-state index in [9.17, 15) is 9.18 Å². The molecule has 0 aliphatic carbocycles. The molecular weight excluding hydrogens is 407 g/mol. The van der Waals surface area contributed by atoms with Gasteiger partial charge in [-0.25, -0.2) is 4.39 Å². The van der Waals surface area contributed by atoms with Crippen molar-refractivity contribution in [3.8, 4) is 17.0 Å². The van der Waals surface area contributed by atoms with Crippen molar-refractivity contribution in [2.24, 2.45) is 5.92 Å². The average molecular weight is 435 g/mol. The number of hydrogen-bond acceptors (Lipinski definition) is 5. The van der Waals surface area contributed by atoms with E-state index >= 15 is 0 Å². The number of nitrogens with one attached hydrogen (secondary N) is 1. The van der Waals surface area contributed by atoms with Gasteiger partial charge in [0.15, 0.2) is 11.9 Å². The van der Waals surface area contributed by atoms with Crippen molar-refractivity contribution in [2.75, 3.05) is 23.3 Å². The first-order valence-corrected chi connectivity index (χ1v) is 10.9. The van der Waals surface area contributed by atoms with E-state index in [1.807, 2.05) is 36.4 Å². The molecule has 0 spiro atoms. The summed E-state index contributed by atoms with van der Waals surface area (Å²) in [5.74, 6) is 1.48. The summed E-state index contributed by atoms with van der Waals surface area (Å²) in [6.07, 6.45) is 1.64. The summed E-state index contributed by atoms with van der Waals surface area (Å²) in [6, 6.07) is 17.0. The smallest absolute Gasteiger partial charge is 0.265 e. The molecule has 4 rings (SSSR count). The Labute approximate surface area is 187 Å². The molecule has 1 unspecified atom stereocenters. The van der Waals surface area contributed by atoms with Crippen LogP contribution in [0, 0.1) is 11.7 Å². The maximum Gasteiger partial charge on any atom is 0.265 e. The average Bonchev–Trinajstić information content (AvgIpc) is 2.82. The minimum absolute atomic E-state index is 0.290. The number of nitrogens with zero attached hydrogens (tertiary/aromatic N) is 3. The van der Waals surface area contributed by atoms with Gasteiger partial charge >= 0.3 is 0 Å². The Morgan fingerprint density at radius 2 is 1.72 bits per heavy atom. The third kappa shape index (κ3) is 5.41. The molecule has 1 atom stereocenters. The van der Waals surface area contributed by atoms with E-state index in [-0.39, 0.29) is 11.7 Å². The van der Waals surface area contributed by atoms with Gasteiger partial charge in [0, 0.05) is 24.3 Å². The number of amides is 1. The van der Waals surface area contributed by atoms with Crippen LogP contribution in [0.1, 0.15) is 26.7 Å². The van der Waals surface area contributed by atoms with Gasteiger partial charge in [-0.2, -0.15) is 0 Å². The highest BCUT2D eigenvalue weighted by Crippen LogP contribution is 2.24. The summed E-state index contributed by atoms with van der Waals surface area (Å²) in [5.41, 5.74) is 2.36. The monoisotopic (exact) mass is 434 g/mol. The lowest BCUT2D eigenvalue weighted by Crippen LogP contribution is -2.33. The molecule has 0 saturated carbocycles. The number of piperidine rings is 1. The molecule has 1 N–H and O–H groups in total. The van der Waals surface area contributed by atoms with Crippen molar-refractivity contribution in [1.82, 2.24) is 10.2 Å². The third-order valence-corrected chi connectivity index (χ3v) is 5.70. The summed E-state index contributed by atoms with van der Waals surface area (Å²) in [6.45, 7) is 5.98. The molecule has 1 amide bonds. The van der Waals surface area contributed by atoms with Crippen molar-refractivity contribution < 1.29 is 13.9 Å². The van der Waals surface area contributed by atoms with E-state index < -0.39 is 6.10 Å². The first-order valence-electron chi connectivity index (χ1n) is 10.9. The quantitative estimate of drug-likeness (QED) is 0.596. The molecule has 1 saturated heterocycles. The molecule has 32 heavy (non-hydrogen) atoms. The van der Waals surface area contributed by atoms with Crippen molar-refractivity contribution in [1.29, 1.82) is 0 Å². The van der Waals surface area contributed by atoms with E-state index in [1.54, 1.807) is 6.92 Å². The van der Waals surface area contributed by atoms with E-state index in [1.165, 1.54) is 37.1 Å². The van der Waals surface area contributed by atoms with E-state index in [0.717, 1.165) is 36.1 Å². The Kier molecular flexibility index (Phi) is 6.63. The standard InChI is InChI=1S/C25H27FN4O2/c1-17-13-15-30(16-14-17)24-12-11-23(28-29-24)19-3-7-21(8-4-19)27-25(31)18(2)32-22-9-5-20(26)6-10-22/h3-12,17-18H,13-16H2,1-2H3,(H,27,31). The fourth-order valence-corrected chi connectivity index (χ4v) is 3.62. The fraction of sp³-hybridized carbons (Fsp3) is 0.320. The van der Waals surface area contributed by atoms with Crippen LogP contribution in [-0.4, -0.2) is 35.3 Å². The lowest BCUT2D eigenvalue weighted by Gasteiger charge is -2.30. The van der Waals surface area contributed by atoms with Gasteiger partial charge < -0.3 is 15.0 Å². The van der Waals surface area contributed by atoms with Crippen LogP contribution in [0.4, 0.5) is 15.9 Å². The number of ether oxygens (including phenoxy) is 1. The molecule has 1 fully saturated rings. The summed E-state index contributed by atoms with van der Waals surface area (Å²) in [5, 5.41) is 11.6. The molecule has 0 bridgehead atoms. The number of aromatic nitrogens is 2. The second-order valence-electron chi connectivity index (χ2n) is 8.23. The van der Waals surface area contributed by atoms with Crippen LogP contribution in [-0.2, 0) is 4.79 Å². The maximum absolute atomic E-state index is 13.0. The van der Waals surface area contributed by atoms with Crippen LogP contribution in [0.15, 0.2) is 60.7 Å². The lowest BCUT2D eigenvalue weighted by molar-refractivity contribution is -0.122. The van der Waals surface area contributed by atoms with Gasteiger partial charge in [-0.3, -0.25) is 4.79 Å². The highest BCUT2D eigenvalue weighted by atomic mass is 19.1. The Balaban J connectivity index is 1.34. The number of rotatable bonds is 6. The molecule has 6 nitrogen and oxygen atoms in total. The minimum Gasteiger partial charge on any atom is -0.481 e. The zero-order valence-electron chi connectivity index (χ0n) is 18.3. The third-order valence-electron chi connectivity index (χ3n) is 5.70. The van der Waals surface area contributed by atoms with Gasteiger partial charge in [-0.1, -0.05) is 19.1 Å².